The average molecular weight is 241 g/mol. The fourth-order valence-electron chi connectivity index (χ4n) is 2.56. The lowest BCUT2D eigenvalue weighted by Crippen LogP contribution is -2.45. The van der Waals surface area contributed by atoms with Crippen LogP contribution in [0.5, 0.6) is 0 Å². The molecule has 1 atom stereocenters. The summed E-state index contributed by atoms with van der Waals surface area (Å²) in [5.41, 5.74) is 0. The molecular formula is C13H23NO3. The fourth-order valence-corrected chi connectivity index (χ4v) is 2.56. The van der Waals surface area contributed by atoms with Gasteiger partial charge in [-0.25, -0.2) is 4.79 Å². The van der Waals surface area contributed by atoms with Crippen molar-refractivity contribution in [3.63, 3.8) is 0 Å². The Morgan fingerprint density at radius 1 is 1.29 bits per heavy atom. The third-order valence-electron chi connectivity index (χ3n) is 3.85. The third kappa shape index (κ3) is 3.45. The molecule has 0 bridgehead atoms. The van der Waals surface area contributed by atoms with Crippen molar-refractivity contribution >= 4 is 11.9 Å². The maximum atomic E-state index is 12.2. The Morgan fingerprint density at radius 3 is 2.24 bits per heavy atom. The Kier molecular flexibility index (Phi) is 4.97. The van der Waals surface area contributed by atoms with E-state index in [1.807, 2.05) is 0 Å². The third-order valence-corrected chi connectivity index (χ3v) is 3.85. The van der Waals surface area contributed by atoms with Crippen LogP contribution >= 0.6 is 0 Å². The van der Waals surface area contributed by atoms with Crippen LogP contribution in [0.25, 0.3) is 0 Å². The fraction of sp³-hybridized carbons (Fsp3) is 0.846. The zero-order valence-electron chi connectivity index (χ0n) is 11.0. The van der Waals surface area contributed by atoms with Crippen molar-refractivity contribution in [1.29, 1.82) is 0 Å². The van der Waals surface area contributed by atoms with Gasteiger partial charge in [0.15, 0.2) is 0 Å². The summed E-state index contributed by atoms with van der Waals surface area (Å²) in [6.45, 7) is 4.00. The molecule has 1 unspecified atom stereocenters. The SMILES string of the molecule is CCC(C(=O)O)N(C)C(=O)C1CCC(C)CC1. The highest BCUT2D eigenvalue weighted by Gasteiger charge is 2.31. The van der Waals surface area contributed by atoms with Crippen molar-refractivity contribution in [2.45, 2.75) is 52.0 Å². The van der Waals surface area contributed by atoms with Crippen LogP contribution in [-0.2, 0) is 9.59 Å². The molecule has 0 aliphatic heterocycles. The summed E-state index contributed by atoms with van der Waals surface area (Å²) in [5.74, 6) is -0.172. The monoisotopic (exact) mass is 241 g/mol. The van der Waals surface area contributed by atoms with Crippen LogP contribution in [0.4, 0.5) is 0 Å². The van der Waals surface area contributed by atoms with Crippen LogP contribution in [0.3, 0.4) is 0 Å². The average Bonchev–Trinajstić information content (AvgIpc) is 2.29. The summed E-state index contributed by atoms with van der Waals surface area (Å²) in [5, 5.41) is 9.04. The van der Waals surface area contributed by atoms with Gasteiger partial charge in [-0.3, -0.25) is 4.79 Å². The van der Waals surface area contributed by atoms with Gasteiger partial charge < -0.3 is 10.0 Å². The summed E-state index contributed by atoms with van der Waals surface area (Å²) in [6.07, 6.45) is 4.42. The van der Waals surface area contributed by atoms with Gasteiger partial charge in [-0.05, 0) is 38.0 Å². The molecule has 0 aromatic heterocycles. The number of carboxylic acids is 1. The van der Waals surface area contributed by atoms with E-state index >= 15 is 0 Å². The topological polar surface area (TPSA) is 57.6 Å². The number of likely N-dealkylation sites (N-methyl/N-ethyl adjacent to an activating group) is 1. The van der Waals surface area contributed by atoms with Crippen LogP contribution < -0.4 is 0 Å². The van der Waals surface area contributed by atoms with Crippen molar-refractivity contribution in [3.05, 3.63) is 0 Å². The molecule has 0 spiro atoms. The van der Waals surface area contributed by atoms with Gasteiger partial charge in [0.2, 0.25) is 5.91 Å². The van der Waals surface area contributed by atoms with Gasteiger partial charge in [-0.1, -0.05) is 13.8 Å². The molecule has 98 valence electrons. The molecule has 1 fully saturated rings. The van der Waals surface area contributed by atoms with Crippen molar-refractivity contribution in [2.75, 3.05) is 7.05 Å². The first kappa shape index (κ1) is 14.0. The van der Waals surface area contributed by atoms with Crippen molar-refractivity contribution < 1.29 is 14.7 Å². The first-order chi connectivity index (χ1) is 7.97. The van der Waals surface area contributed by atoms with E-state index in [2.05, 4.69) is 6.92 Å². The molecule has 0 radical (unpaired) electrons. The van der Waals surface area contributed by atoms with Crippen LogP contribution in [0.2, 0.25) is 0 Å². The molecule has 1 N–H and O–H groups in total. The molecule has 4 nitrogen and oxygen atoms in total. The zero-order valence-corrected chi connectivity index (χ0v) is 11.0. The minimum atomic E-state index is -0.910. The predicted molar refractivity (Wildman–Crippen MR) is 65.6 cm³/mol. The molecule has 17 heavy (non-hydrogen) atoms. The number of carbonyl (C=O) groups is 2. The smallest absolute Gasteiger partial charge is 0.326 e. The summed E-state index contributed by atoms with van der Waals surface area (Å²) < 4.78 is 0. The molecular weight excluding hydrogens is 218 g/mol. The number of hydrogen-bond donors (Lipinski definition) is 1. The second-order valence-corrected chi connectivity index (χ2v) is 5.17. The summed E-state index contributed by atoms with van der Waals surface area (Å²) in [6, 6.07) is -0.679. The van der Waals surface area contributed by atoms with Crippen LogP contribution in [-0.4, -0.2) is 35.0 Å². The highest BCUT2D eigenvalue weighted by Crippen LogP contribution is 2.29. The molecule has 0 aromatic rings. The van der Waals surface area contributed by atoms with E-state index in [1.165, 1.54) is 4.90 Å². The zero-order chi connectivity index (χ0) is 13.0. The van der Waals surface area contributed by atoms with Crippen molar-refractivity contribution in [1.82, 2.24) is 4.90 Å². The van der Waals surface area contributed by atoms with E-state index in [4.69, 9.17) is 5.11 Å². The normalized spacial score (nSPS) is 26.3. The molecule has 0 heterocycles. The number of carboxylic acid groups (broad SMARTS) is 1. The van der Waals surface area contributed by atoms with Crippen LogP contribution in [0.1, 0.15) is 46.0 Å². The highest BCUT2D eigenvalue weighted by atomic mass is 16.4. The minimum absolute atomic E-state index is 0.00569. The first-order valence-corrected chi connectivity index (χ1v) is 6.46. The Bertz CT molecular complexity index is 282. The number of aliphatic carboxylic acids is 1. The minimum Gasteiger partial charge on any atom is -0.480 e. The number of hydrogen-bond acceptors (Lipinski definition) is 2. The number of nitrogens with zero attached hydrogens (tertiary/aromatic N) is 1. The quantitative estimate of drug-likeness (QED) is 0.820. The van der Waals surface area contributed by atoms with Crippen molar-refractivity contribution in [2.24, 2.45) is 11.8 Å². The molecule has 1 rings (SSSR count). The maximum Gasteiger partial charge on any atom is 0.326 e. The lowest BCUT2D eigenvalue weighted by molar-refractivity contribution is -0.151. The lowest BCUT2D eigenvalue weighted by atomic mass is 9.82. The summed E-state index contributed by atoms with van der Waals surface area (Å²) in [7, 11) is 1.61. The van der Waals surface area contributed by atoms with Gasteiger partial charge in [-0.15, -0.1) is 0 Å². The molecule has 1 aliphatic carbocycles. The second-order valence-electron chi connectivity index (χ2n) is 5.17. The number of rotatable bonds is 4. The Hall–Kier alpha value is -1.06. The number of amides is 1. The van der Waals surface area contributed by atoms with Gasteiger partial charge in [-0.2, -0.15) is 0 Å². The Morgan fingerprint density at radius 2 is 1.82 bits per heavy atom. The first-order valence-electron chi connectivity index (χ1n) is 6.46. The number of carbonyl (C=O) groups excluding carboxylic acids is 1. The lowest BCUT2D eigenvalue weighted by Gasteiger charge is -2.31. The van der Waals surface area contributed by atoms with Gasteiger partial charge in [0, 0.05) is 13.0 Å². The largest absolute Gasteiger partial charge is 0.480 e. The standard InChI is InChI=1S/C13H23NO3/c1-4-11(13(16)17)14(3)12(15)10-7-5-9(2)6-8-10/h9-11H,4-8H2,1-3H3,(H,16,17). The van der Waals surface area contributed by atoms with E-state index in [0.717, 1.165) is 25.7 Å². The maximum absolute atomic E-state index is 12.2. The predicted octanol–water partition coefficient (Wildman–Crippen LogP) is 2.13. The molecule has 1 aliphatic rings. The van der Waals surface area contributed by atoms with E-state index in [-0.39, 0.29) is 11.8 Å². The summed E-state index contributed by atoms with van der Waals surface area (Å²) >= 11 is 0. The van der Waals surface area contributed by atoms with Gasteiger partial charge in [0.1, 0.15) is 6.04 Å². The molecule has 1 amide bonds. The Labute approximate surface area is 103 Å². The second kappa shape index (κ2) is 6.03. The Balaban J connectivity index is 2.59. The molecule has 1 saturated carbocycles. The van der Waals surface area contributed by atoms with Crippen LogP contribution in [0.15, 0.2) is 0 Å². The van der Waals surface area contributed by atoms with Crippen LogP contribution in [0, 0.1) is 11.8 Å². The van der Waals surface area contributed by atoms with Crippen molar-refractivity contribution in [3.8, 4) is 0 Å². The molecule has 0 aromatic carbocycles. The van der Waals surface area contributed by atoms with E-state index < -0.39 is 12.0 Å². The van der Waals surface area contributed by atoms with Gasteiger partial charge in [0.05, 0.1) is 0 Å². The molecule has 0 saturated heterocycles. The van der Waals surface area contributed by atoms with E-state index in [9.17, 15) is 9.59 Å². The van der Waals surface area contributed by atoms with Gasteiger partial charge >= 0.3 is 5.97 Å². The van der Waals surface area contributed by atoms with E-state index in [0.29, 0.717) is 12.3 Å². The molecule has 4 heteroatoms. The highest BCUT2D eigenvalue weighted by molar-refractivity contribution is 5.84. The van der Waals surface area contributed by atoms with Gasteiger partial charge in [0.25, 0.3) is 0 Å². The summed E-state index contributed by atoms with van der Waals surface area (Å²) in [4.78, 5) is 24.6. The van der Waals surface area contributed by atoms with E-state index in [1.54, 1.807) is 14.0 Å².